The van der Waals surface area contributed by atoms with E-state index in [4.69, 9.17) is 5.73 Å². The van der Waals surface area contributed by atoms with Gasteiger partial charge in [-0.2, -0.15) is 0 Å². The zero-order chi connectivity index (χ0) is 58.0. The lowest BCUT2D eigenvalue weighted by Gasteiger charge is -2.31. The molecule has 0 radical (unpaired) electrons. The summed E-state index contributed by atoms with van der Waals surface area (Å²) >= 11 is 3.94. The molecular weight excluding hydrogens is 993 g/mol. The molecule has 2 N–H and O–H groups in total. The van der Waals surface area contributed by atoms with Gasteiger partial charge in [0.15, 0.2) is 0 Å². The van der Waals surface area contributed by atoms with Crippen molar-refractivity contribution >= 4 is 57.6 Å². The number of thioether (sulfide) groups is 2. The third-order valence-electron chi connectivity index (χ3n) is 13.1. The molecule has 2 nitrogen and oxygen atoms in total. The average Bonchev–Trinajstić information content (AvgIpc) is 3.98. The van der Waals surface area contributed by atoms with Crippen LogP contribution in [0.4, 0.5) is 5.69 Å². The quantitative estimate of drug-likeness (QED) is 0.0996. The molecular formula is C75H94N2S2. The minimum Gasteiger partial charge on any atom is -0.402 e. The standard InChI is InChI=1S/C54H54N2S2.C6H6.C6H10.C3H6.3C2H6/c1-6-21-42-28-19-31-48-49(42)47(34-36(4)50(55)38(7-2)8-3)37(5)56(48)35-43-32-33-46(41-22-13-9-10-14-23-41)52-51(43)57-53-44(39-24-15-11-16-25-39)29-20-30-45(54(53)58-52)40-26-17-12-18-27-40;1-2-4-6-5-3-1;1-3-5-6-4-2;1-3-2;3*1-2/h6,9-13,15-19,21-34,36-37H,7-8,14,20,35,55H2,1-5H3;1-6H;3,5-6H,1,4H2,2H3;3H,1H2,2H3;3*1-2H3/b21-6-,47-34?;;6-5-;;;;. The normalized spacial score (nSPS) is 15.4. The Bertz CT molecular complexity index is 2920. The number of hydrogen-bond donors (Lipinski definition) is 1. The Morgan fingerprint density at radius 1 is 0.684 bits per heavy atom. The molecule has 2 aliphatic carbocycles. The Balaban J connectivity index is 0.000000671. The summed E-state index contributed by atoms with van der Waals surface area (Å²) in [6.07, 6.45) is 35.4. The van der Waals surface area contributed by atoms with E-state index in [2.05, 4.69) is 217 Å². The van der Waals surface area contributed by atoms with E-state index in [-0.39, 0.29) is 12.0 Å². The molecule has 2 heterocycles. The minimum absolute atomic E-state index is 0.142. The smallest absolute Gasteiger partial charge is 0.0522 e. The summed E-state index contributed by atoms with van der Waals surface area (Å²) in [5.41, 5.74) is 23.6. The third-order valence-corrected chi connectivity index (χ3v) is 15.9. The lowest BCUT2D eigenvalue weighted by Crippen LogP contribution is -2.29. The second-order valence-corrected chi connectivity index (χ2v) is 20.1. The highest BCUT2D eigenvalue weighted by Gasteiger charge is 2.36. The first-order valence-corrected chi connectivity index (χ1v) is 30.8. The van der Waals surface area contributed by atoms with Gasteiger partial charge in [-0.05, 0) is 109 Å². The summed E-state index contributed by atoms with van der Waals surface area (Å²) in [5.74, 6) is 0.142. The van der Waals surface area contributed by atoms with E-state index in [0.29, 0.717) is 0 Å². The average molecular weight is 1090 g/mol. The molecule has 4 heteroatoms. The highest BCUT2D eigenvalue weighted by molar-refractivity contribution is 8.10. The number of hydrogen-bond acceptors (Lipinski definition) is 4. The van der Waals surface area contributed by atoms with Crippen LogP contribution in [0.2, 0.25) is 0 Å². The number of nitrogens with zero attached hydrogens (tertiary/aromatic N) is 1. The van der Waals surface area contributed by atoms with Crippen molar-refractivity contribution in [3.63, 3.8) is 0 Å². The van der Waals surface area contributed by atoms with Crippen LogP contribution < -0.4 is 10.6 Å². The van der Waals surface area contributed by atoms with Gasteiger partial charge >= 0.3 is 0 Å². The first-order chi connectivity index (χ1) is 38.7. The van der Waals surface area contributed by atoms with Crippen LogP contribution in [0.15, 0.2) is 250 Å². The molecule has 79 heavy (non-hydrogen) atoms. The first-order valence-electron chi connectivity index (χ1n) is 29.1. The van der Waals surface area contributed by atoms with Gasteiger partial charge in [-0.25, -0.2) is 0 Å². The number of nitrogens with two attached hydrogens (primary N) is 1. The maximum Gasteiger partial charge on any atom is 0.0522 e. The summed E-state index contributed by atoms with van der Waals surface area (Å²) in [4.78, 5) is 8.02. The van der Waals surface area contributed by atoms with Gasteiger partial charge in [0.05, 0.1) is 6.04 Å². The Morgan fingerprint density at radius 2 is 1.23 bits per heavy atom. The monoisotopic (exact) mass is 1090 g/mol. The highest BCUT2D eigenvalue weighted by atomic mass is 32.2. The maximum absolute atomic E-state index is 6.88. The lowest BCUT2D eigenvalue weighted by molar-refractivity contribution is 0.747. The zero-order valence-corrected chi connectivity index (χ0v) is 52.0. The molecule has 416 valence electrons. The molecule has 0 aromatic heterocycles. The fraction of sp³-hybridized carbons (Fsp3) is 0.280. The van der Waals surface area contributed by atoms with Crippen LogP contribution in [0.1, 0.15) is 155 Å². The molecule has 0 fully saturated rings. The number of benzene rings is 5. The van der Waals surface area contributed by atoms with Gasteiger partial charge < -0.3 is 10.6 Å². The van der Waals surface area contributed by atoms with E-state index in [9.17, 15) is 0 Å². The van der Waals surface area contributed by atoms with E-state index in [0.717, 1.165) is 44.3 Å². The highest BCUT2D eigenvalue weighted by Crippen LogP contribution is 2.59. The predicted molar refractivity (Wildman–Crippen MR) is 361 cm³/mol. The van der Waals surface area contributed by atoms with E-state index in [1.807, 2.05) is 114 Å². The van der Waals surface area contributed by atoms with Crippen LogP contribution in [0, 0.1) is 5.92 Å². The fourth-order valence-electron chi connectivity index (χ4n) is 9.41. The molecule has 0 amide bonds. The Morgan fingerprint density at radius 3 is 1.73 bits per heavy atom. The lowest BCUT2D eigenvalue weighted by atomic mass is 9.91. The molecule has 0 spiro atoms. The summed E-state index contributed by atoms with van der Waals surface area (Å²) < 4.78 is 0. The van der Waals surface area contributed by atoms with Crippen molar-refractivity contribution < 1.29 is 0 Å². The van der Waals surface area contributed by atoms with Crippen molar-refractivity contribution in [1.82, 2.24) is 0 Å². The van der Waals surface area contributed by atoms with E-state index < -0.39 is 0 Å². The van der Waals surface area contributed by atoms with Gasteiger partial charge in [0, 0.05) is 49.0 Å². The molecule has 0 saturated carbocycles. The van der Waals surface area contributed by atoms with Crippen LogP contribution in [0.3, 0.4) is 0 Å². The van der Waals surface area contributed by atoms with Crippen LogP contribution in [-0.4, -0.2) is 6.04 Å². The van der Waals surface area contributed by atoms with Gasteiger partial charge in [0.1, 0.15) is 0 Å². The second-order valence-electron chi connectivity index (χ2n) is 18.0. The van der Waals surface area contributed by atoms with Gasteiger partial charge in [-0.15, -0.1) is 6.58 Å². The number of rotatable bonds is 12. The molecule has 5 aromatic carbocycles. The van der Waals surface area contributed by atoms with Crippen molar-refractivity contribution in [2.75, 3.05) is 4.90 Å². The molecule has 9 rings (SSSR count). The van der Waals surface area contributed by atoms with Crippen molar-refractivity contribution in [3.05, 3.63) is 274 Å². The zero-order valence-electron chi connectivity index (χ0n) is 50.4. The van der Waals surface area contributed by atoms with E-state index in [1.54, 1.807) is 12.2 Å². The Kier molecular flexibility index (Phi) is 32.0. The number of allylic oxidation sites excluding steroid dienone is 17. The molecule has 5 aromatic rings. The Labute approximate surface area is 489 Å². The summed E-state index contributed by atoms with van der Waals surface area (Å²) in [6.45, 7) is 34.9. The third kappa shape index (κ3) is 18.7. The second kappa shape index (κ2) is 38.0. The maximum atomic E-state index is 6.88. The molecule has 2 atom stereocenters. The van der Waals surface area contributed by atoms with Gasteiger partial charge in [-0.1, -0.05) is 311 Å². The SMILES string of the molecule is C/C=C\c1cccc2c1C(=CC(C)C(N)=C(CC)CC)C(C)N2Cc1ccc(C2=CCC=CC=C2)c2c1SC1=C(S2)C(c2ccccc2)=CCC=C1c1ccccc1.C=C/C=C\CC.C=CC.CC.CC.CC.c1ccccc1. The molecule has 0 bridgehead atoms. The van der Waals surface area contributed by atoms with Gasteiger partial charge in [0.25, 0.3) is 0 Å². The molecule has 2 aliphatic heterocycles. The minimum atomic E-state index is 0.142. The van der Waals surface area contributed by atoms with Crippen LogP contribution >= 0.6 is 23.5 Å². The van der Waals surface area contributed by atoms with Crippen molar-refractivity contribution in [3.8, 4) is 0 Å². The first kappa shape index (κ1) is 66.6. The molecule has 2 unspecified atom stereocenters. The predicted octanol–water partition coefficient (Wildman–Crippen LogP) is 23.2. The van der Waals surface area contributed by atoms with E-state index in [1.165, 1.54) is 86.5 Å². The molecule has 0 saturated heterocycles. The number of fused-ring (bicyclic) bond motifs is 2. The largest absolute Gasteiger partial charge is 0.402 e. The molecule has 4 aliphatic rings. The van der Waals surface area contributed by atoms with Crippen molar-refractivity contribution in [1.29, 1.82) is 0 Å². The van der Waals surface area contributed by atoms with Crippen molar-refractivity contribution in [2.24, 2.45) is 11.7 Å². The Hall–Kier alpha value is -6.72. The van der Waals surface area contributed by atoms with Gasteiger partial charge in [0.2, 0.25) is 0 Å². The summed E-state index contributed by atoms with van der Waals surface area (Å²) in [6, 6.07) is 45.7. The van der Waals surface area contributed by atoms with E-state index >= 15 is 0 Å². The summed E-state index contributed by atoms with van der Waals surface area (Å²) in [7, 11) is 0. The van der Waals surface area contributed by atoms with Crippen molar-refractivity contribution in [2.45, 2.75) is 144 Å². The summed E-state index contributed by atoms with van der Waals surface area (Å²) in [5, 5.41) is 0. The fourth-order valence-corrected chi connectivity index (χ4v) is 12.3. The van der Waals surface area contributed by atoms with Crippen LogP contribution in [0.25, 0.3) is 28.4 Å². The number of anilines is 1. The van der Waals surface area contributed by atoms with Gasteiger partial charge in [-0.3, -0.25) is 0 Å². The topological polar surface area (TPSA) is 29.3 Å². The van der Waals surface area contributed by atoms with Crippen LogP contribution in [0.5, 0.6) is 0 Å². The van der Waals surface area contributed by atoms with Crippen LogP contribution in [-0.2, 0) is 6.54 Å².